The summed E-state index contributed by atoms with van der Waals surface area (Å²) in [5.74, 6) is 1.09. The van der Waals surface area contributed by atoms with E-state index in [1.54, 1.807) is 0 Å². The first kappa shape index (κ1) is 11.6. The summed E-state index contributed by atoms with van der Waals surface area (Å²) in [7, 11) is 0. The number of aromatic amines is 1. The Bertz CT molecular complexity index is 338. The fourth-order valence-corrected chi connectivity index (χ4v) is 2.80. The zero-order chi connectivity index (χ0) is 11.5. The second kappa shape index (κ2) is 5.00. The smallest absolute Gasteiger partial charge is 0.0683 e. The first-order chi connectivity index (χ1) is 7.74. The van der Waals surface area contributed by atoms with Crippen molar-refractivity contribution in [3.05, 3.63) is 17.0 Å². The lowest BCUT2D eigenvalue weighted by Crippen LogP contribution is -2.03. The number of rotatable bonds is 4. The molecule has 0 radical (unpaired) electrons. The van der Waals surface area contributed by atoms with Gasteiger partial charge in [0.05, 0.1) is 5.69 Å². The lowest BCUT2D eigenvalue weighted by Gasteiger charge is -2.11. The molecule has 1 aliphatic rings. The number of aliphatic hydroxyl groups is 1. The number of aliphatic hydroxyl groups excluding tert-OH is 1. The van der Waals surface area contributed by atoms with Gasteiger partial charge in [-0.3, -0.25) is 5.10 Å². The van der Waals surface area contributed by atoms with Crippen LogP contribution in [0, 0.1) is 0 Å². The highest BCUT2D eigenvalue weighted by Crippen LogP contribution is 2.36. The third-order valence-corrected chi connectivity index (χ3v) is 3.60. The van der Waals surface area contributed by atoms with E-state index >= 15 is 0 Å². The Morgan fingerprint density at radius 2 is 2.06 bits per heavy atom. The van der Waals surface area contributed by atoms with Gasteiger partial charge >= 0.3 is 0 Å². The molecule has 1 aliphatic carbocycles. The molecule has 3 heteroatoms. The molecule has 1 saturated carbocycles. The van der Waals surface area contributed by atoms with Crippen LogP contribution in [-0.2, 0) is 6.42 Å². The molecule has 1 aromatic rings. The van der Waals surface area contributed by atoms with Crippen molar-refractivity contribution in [2.24, 2.45) is 0 Å². The summed E-state index contributed by atoms with van der Waals surface area (Å²) in [6, 6.07) is 0. The van der Waals surface area contributed by atoms with Crippen molar-refractivity contribution in [2.75, 3.05) is 6.61 Å². The number of hydrogen-bond donors (Lipinski definition) is 2. The van der Waals surface area contributed by atoms with Crippen molar-refractivity contribution in [1.29, 1.82) is 0 Å². The lowest BCUT2D eigenvalue weighted by atomic mass is 9.94. The van der Waals surface area contributed by atoms with Crippen molar-refractivity contribution in [3.63, 3.8) is 0 Å². The van der Waals surface area contributed by atoms with E-state index in [4.69, 9.17) is 5.11 Å². The van der Waals surface area contributed by atoms with Crippen LogP contribution in [0.4, 0.5) is 0 Å². The standard InChI is InChI=1S/C13H22N2O/c1-9(2)12-11(7-8-16)13(15-14-12)10-5-3-4-6-10/h9-10,16H,3-8H2,1-2H3,(H,14,15). The normalized spacial score (nSPS) is 17.5. The van der Waals surface area contributed by atoms with Gasteiger partial charge in [-0.05, 0) is 30.7 Å². The molecule has 0 unspecified atom stereocenters. The first-order valence-corrected chi connectivity index (χ1v) is 6.42. The van der Waals surface area contributed by atoms with Crippen LogP contribution in [0.2, 0.25) is 0 Å². The van der Waals surface area contributed by atoms with E-state index in [1.807, 2.05) is 0 Å². The Kier molecular flexibility index (Phi) is 3.64. The van der Waals surface area contributed by atoms with Gasteiger partial charge in [-0.2, -0.15) is 5.10 Å². The summed E-state index contributed by atoms with van der Waals surface area (Å²) in [6.07, 6.45) is 5.96. The maximum absolute atomic E-state index is 9.17. The van der Waals surface area contributed by atoms with E-state index in [0.717, 1.165) is 12.1 Å². The minimum atomic E-state index is 0.221. The number of H-pyrrole nitrogens is 1. The van der Waals surface area contributed by atoms with Crippen molar-refractivity contribution < 1.29 is 5.11 Å². The Morgan fingerprint density at radius 3 is 2.62 bits per heavy atom. The highest BCUT2D eigenvalue weighted by atomic mass is 16.2. The molecule has 1 fully saturated rings. The molecule has 1 aromatic heterocycles. The average molecular weight is 222 g/mol. The van der Waals surface area contributed by atoms with E-state index in [-0.39, 0.29) is 6.61 Å². The molecule has 0 aliphatic heterocycles. The van der Waals surface area contributed by atoms with Crippen LogP contribution in [0.25, 0.3) is 0 Å². The van der Waals surface area contributed by atoms with E-state index in [0.29, 0.717) is 11.8 Å². The van der Waals surface area contributed by atoms with Crippen LogP contribution in [0.15, 0.2) is 0 Å². The molecule has 2 rings (SSSR count). The zero-order valence-electron chi connectivity index (χ0n) is 10.3. The van der Waals surface area contributed by atoms with E-state index < -0.39 is 0 Å². The molecule has 0 atom stereocenters. The van der Waals surface area contributed by atoms with Crippen molar-refractivity contribution in [2.45, 2.75) is 57.8 Å². The SMILES string of the molecule is CC(C)c1n[nH]c(C2CCCC2)c1CCO. The minimum absolute atomic E-state index is 0.221. The van der Waals surface area contributed by atoms with Crippen LogP contribution in [0.5, 0.6) is 0 Å². The minimum Gasteiger partial charge on any atom is -0.396 e. The second-order valence-electron chi connectivity index (χ2n) is 5.11. The van der Waals surface area contributed by atoms with Crippen molar-refractivity contribution in [1.82, 2.24) is 10.2 Å². The van der Waals surface area contributed by atoms with Gasteiger partial charge in [0.2, 0.25) is 0 Å². The molecular weight excluding hydrogens is 200 g/mol. The summed E-state index contributed by atoms with van der Waals surface area (Å²) >= 11 is 0. The predicted octanol–water partition coefficient (Wildman–Crippen LogP) is 2.73. The molecule has 3 nitrogen and oxygen atoms in total. The summed E-state index contributed by atoms with van der Waals surface area (Å²) in [5, 5.41) is 16.8. The molecule has 2 N–H and O–H groups in total. The second-order valence-corrected chi connectivity index (χ2v) is 5.11. The highest BCUT2D eigenvalue weighted by Gasteiger charge is 2.24. The van der Waals surface area contributed by atoms with Gasteiger partial charge in [0, 0.05) is 18.2 Å². The van der Waals surface area contributed by atoms with Crippen LogP contribution in [0.1, 0.15) is 68.3 Å². The third kappa shape index (κ3) is 2.14. The van der Waals surface area contributed by atoms with Gasteiger partial charge < -0.3 is 5.11 Å². The van der Waals surface area contributed by atoms with E-state index in [1.165, 1.54) is 36.9 Å². The van der Waals surface area contributed by atoms with Crippen molar-refractivity contribution >= 4 is 0 Å². The molecule has 1 heterocycles. The molecular formula is C13H22N2O. The fraction of sp³-hybridized carbons (Fsp3) is 0.769. The molecule has 0 spiro atoms. The van der Waals surface area contributed by atoms with Crippen LogP contribution in [0.3, 0.4) is 0 Å². The van der Waals surface area contributed by atoms with Gasteiger partial charge in [0.1, 0.15) is 0 Å². The quantitative estimate of drug-likeness (QED) is 0.823. The number of nitrogens with one attached hydrogen (secondary N) is 1. The van der Waals surface area contributed by atoms with Gasteiger partial charge in [-0.1, -0.05) is 26.7 Å². The number of hydrogen-bond acceptors (Lipinski definition) is 2. The number of aromatic nitrogens is 2. The molecule has 0 saturated heterocycles. The summed E-state index contributed by atoms with van der Waals surface area (Å²) < 4.78 is 0. The van der Waals surface area contributed by atoms with Crippen molar-refractivity contribution in [3.8, 4) is 0 Å². The summed E-state index contributed by atoms with van der Waals surface area (Å²) in [4.78, 5) is 0. The fourth-order valence-electron chi connectivity index (χ4n) is 2.80. The van der Waals surface area contributed by atoms with E-state index in [2.05, 4.69) is 24.0 Å². The monoisotopic (exact) mass is 222 g/mol. The Hall–Kier alpha value is -0.830. The summed E-state index contributed by atoms with van der Waals surface area (Å²) in [6.45, 7) is 4.55. The Morgan fingerprint density at radius 1 is 1.38 bits per heavy atom. The highest BCUT2D eigenvalue weighted by molar-refractivity contribution is 5.31. The summed E-state index contributed by atoms with van der Waals surface area (Å²) in [5.41, 5.74) is 3.73. The van der Waals surface area contributed by atoms with Gasteiger partial charge in [0.25, 0.3) is 0 Å². The molecule has 0 amide bonds. The van der Waals surface area contributed by atoms with Crippen LogP contribution in [-0.4, -0.2) is 21.9 Å². The van der Waals surface area contributed by atoms with Gasteiger partial charge in [-0.15, -0.1) is 0 Å². The van der Waals surface area contributed by atoms with Gasteiger partial charge in [-0.25, -0.2) is 0 Å². The molecule has 0 aromatic carbocycles. The third-order valence-electron chi connectivity index (χ3n) is 3.60. The number of nitrogens with zero attached hydrogens (tertiary/aromatic N) is 1. The molecule has 16 heavy (non-hydrogen) atoms. The molecule has 0 bridgehead atoms. The molecule has 90 valence electrons. The van der Waals surface area contributed by atoms with Crippen LogP contribution >= 0.6 is 0 Å². The maximum Gasteiger partial charge on any atom is 0.0683 e. The lowest BCUT2D eigenvalue weighted by molar-refractivity contribution is 0.298. The average Bonchev–Trinajstić information content (AvgIpc) is 2.84. The van der Waals surface area contributed by atoms with Crippen LogP contribution < -0.4 is 0 Å². The first-order valence-electron chi connectivity index (χ1n) is 6.42. The maximum atomic E-state index is 9.17. The van der Waals surface area contributed by atoms with E-state index in [9.17, 15) is 0 Å². The Labute approximate surface area is 97.3 Å². The Balaban J connectivity index is 2.29. The zero-order valence-corrected chi connectivity index (χ0v) is 10.3. The largest absolute Gasteiger partial charge is 0.396 e. The predicted molar refractivity (Wildman–Crippen MR) is 64.7 cm³/mol. The topological polar surface area (TPSA) is 48.9 Å². The van der Waals surface area contributed by atoms with Gasteiger partial charge in [0.15, 0.2) is 0 Å².